The molecule has 3 heterocycles. The number of oxazole rings is 1. The largest absolute Gasteiger partial charge is 0.419 e. The molecule has 0 saturated carbocycles. The number of aliphatic hydroxyl groups is 1. The van der Waals surface area contributed by atoms with Crippen molar-refractivity contribution in [3.8, 4) is 0 Å². The van der Waals surface area contributed by atoms with E-state index in [1.165, 1.54) is 21.0 Å². The van der Waals surface area contributed by atoms with E-state index in [4.69, 9.17) is 4.42 Å². The number of fused-ring (bicyclic) bond motifs is 1. The molecular formula is C19H22N4O5S. The Kier molecular flexibility index (Phi) is 5.01. The molecule has 1 aliphatic heterocycles. The van der Waals surface area contributed by atoms with Gasteiger partial charge in [0, 0.05) is 43.9 Å². The van der Waals surface area contributed by atoms with Crippen LogP contribution in [0.4, 0.5) is 0 Å². The molecule has 10 heteroatoms. The smallest absolute Gasteiger partial charge is 0.408 e. The van der Waals surface area contributed by atoms with E-state index in [1.54, 1.807) is 26.2 Å². The van der Waals surface area contributed by atoms with E-state index in [2.05, 4.69) is 9.97 Å². The van der Waals surface area contributed by atoms with Crippen LogP contribution in [0.25, 0.3) is 11.1 Å². The summed E-state index contributed by atoms with van der Waals surface area (Å²) in [6, 6.07) is 4.46. The van der Waals surface area contributed by atoms with Crippen molar-refractivity contribution >= 4 is 21.1 Å². The van der Waals surface area contributed by atoms with Gasteiger partial charge in [0.2, 0.25) is 10.0 Å². The van der Waals surface area contributed by atoms with Crippen LogP contribution in [-0.2, 0) is 23.7 Å². The normalized spacial score (nSPS) is 18.4. The maximum atomic E-state index is 13.2. The Morgan fingerprint density at radius 2 is 2.14 bits per heavy atom. The first-order valence-electron chi connectivity index (χ1n) is 9.34. The van der Waals surface area contributed by atoms with Crippen LogP contribution >= 0.6 is 0 Å². The van der Waals surface area contributed by atoms with Gasteiger partial charge < -0.3 is 9.52 Å². The lowest BCUT2D eigenvalue weighted by molar-refractivity contribution is 0.272. The van der Waals surface area contributed by atoms with E-state index in [0.717, 1.165) is 6.42 Å². The molecule has 1 aromatic carbocycles. The molecule has 4 rings (SSSR count). The van der Waals surface area contributed by atoms with Crippen molar-refractivity contribution in [3.05, 3.63) is 52.0 Å². The summed E-state index contributed by atoms with van der Waals surface area (Å²) in [5.74, 6) is -0.0780. The van der Waals surface area contributed by atoms with E-state index in [1.807, 2.05) is 0 Å². The standard InChI is InChI=1S/C19H22N4O5S/c1-12-20-9-14(11-24)18(21-12)13-4-3-7-23(10-13)29(26,27)15-5-6-16-17(8-15)28-19(25)22(16)2/h5-6,8-9,13,24H,3-4,7,10-11H2,1-2H3. The number of hydrogen-bond acceptors (Lipinski definition) is 7. The molecule has 0 radical (unpaired) electrons. The molecule has 2 aromatic heterocycles. The minimum Gasteiger partial charge on any atom is -0.408 e. The van der Waals surface area contributed by atoms with Gasteiger partial charge in [0.1, 0.15) is 5.82 Å². The topological polar surface area (TPSA) is 119 Å². The van der Waals surface area contributed by atoms with Gasteiger partial charge in [-0.1, -0.05) is 0 Å². The van der Waals surface area contributed by atoms with Gasteiger partial charge in [-0.05, 0) is 31.9 Å². The molecule has 0 bridgehead atoms. The number of piperidine rings is 1. The first-order chi connectivity index (χ1) is 13.8. The summed E-state index contributed by atoms with van der Waals surface area (Å²) in [6.07, 6.45) is 3.05. The van der Waals surface area contributed by atoms with Crippen LogP contribution in [0.5, 0.6) is 0 Å². The first kappa shape index (κ1) is 19.7. The maximum absolute atomic E-state index is 13.2. The molecular weight excluding hydrogens is 396 g/mol. The summed E-state index contributed by atoms with van der Waals surface area (Å²) in [6.45, 7) is 2.24. The van der Waals surface area contributed by atoms with Gasteiger partial charge >= 0.3 is 5.76 Å². The number of benzene rings is 1. The molecule has 1 aliphatic rings. The second-order valence-electron chi connectivity index (χ2n) is 7.24. The Labute approximate surface area is 167 Å². The molecule has 3 aromatic rings. The van der Waals surface area contributed by atoms with Gasteiger partial charge in [-0.2, -0.15) is 4.31 Å². The van der Waals surface area contributed by atoms with Crippen molar-refractivity contribution in [1.29, 1.82) is 0 Å². The number of rotatable bonds is 4. The number of aromatic nitrogens is 3. The van der Waals surface area contributed by atoms with Gasteiger partial charge in [-0.15, -0.1) is 0 Å². The van der Waals surface area contributed by atoms with Crippen LogP contribution in [0.15, 0.2) is 38.5 Å². The van der Waals surface area contributed by atoms with Crippen molar-refractivity contribution < 1.29 is 17.9 Å². The Bertz CT molecular complexity index is 1230. The molecule has 9 nitrogen and oxygen atoms in total. The Morgan fingerprint density at radius 3 is 2.90 bits per heavy atom. The molecule has 154 valence electrons. The van der Waals surface area contributed by atoms with Crippen LogP contribution in [0.1, 0.15) is 35.8 Å². The van der Waals surface area contributed by atoms with E-state index in [9.17, 15) is 18.3 Å². The average molecular weight is 418 g/mol. The third kappa shape index (κ3) is 3.47. The summed E-state index contributed by atoms with van der Waals surface area (Å²) in [4.78, 5) is 20.4. The highest BCUT2D eigenvalue weighted by molar-refractivity contribution is 7.89. The Balaban J connectivity index is 1.67. The van der Waals surface area contributed by atoms with Gasteiger partial charge in [0.05, 0.1) is 22.7 Å². The first-order valence-corrected chi connectivity index (χ1v) is 10.8. The SMILES string of the molecule is Cc1ncc(CO)c(C2CCCN(S(=O)(=O)c3ccc4c(c3)oc(=O)n4C)C2)n1. The zero-order valence-electron chi connectivity index (χ0n) is 16.2. The monoisotopic (exact) mass is 418 g/mol. The molecule has 1 N–H and O–H groups in total. The molecule has 0 spiro atoms. The van der Waals surface area contributed by atoms with Gasteiger partial charge in [-0.3, -0.25) is 4.57 Å². The Hall–Kier alpha value is -2.56. The predicted molar refractivity (Wildman–Crippen MR) is 105 cm³/mol. The van der Waals surface area contributed by atoms with Crippen molar-refractivity contribution in [1.82, 2.24) is 18.8 Å². The van der Waals surface area contributed by atoms with Crippen LogP contribution in [0.2, 0.25) is 0 Å². The second kappa shape index (κ2) is 7.36. The number of sulfonamides is 1. The molecule has 29 heavy (non-hydrogen) atoms. The highest BCUT2D eigenvalue weighted by Crippen LogP contribution is 2.31. The van der Waals surface area contributed by atoms with Gasteiger partial charge in [0.15, 0.2) is 5.58 Å². The fourth-order valence-corrected chi connectivity index (χ4v) is 5.34. The molecule has 0 amide bonds. The third-order valence-electron chi connectivity index (χ3n) is 5.36. The fourth-order valence-electron chi connectivity index (χ4n) is 3.80. The summed E-state index contributed by atoms with van der Waals surface area (Å²) in [5, 5.41) is 9.62. The Morgan fingerprint density at radius 1 is 1.34 bits per heavy atom. The van der Waals surface area contributed by atoms with Crippen LogP contribution in [-0.4, -0.2) is 45.5 Å². The zero-order chi connectivity index (χ0) is 20.8. The highest BCUT2D eigenvalue weighted by atomic mass is 32.2. The lowest BCUT2D eigenvalue weighted by Gasteiger charge is -2.32. The molecule has 1 unspecified atom stereocenters. The predicted octanol–water partition coefficient (Wildman–Crippen LogP) is 1.29. The average Bonchev–Trinajstić information content (AvgIpc) is 3.01. The van der Waals surface area contributed by atoms with Gasteiger partial charge in [-0.25, -0.2) is 23.2 Å². The third-order valence-corrected chi connectivity index (χ3v) is 7.22. The summed E-state index contributed by atoms with van der Waals surface area (Å²) in [7, 11) is -2.20. The summed E-state index contributed by atoms with van der Waals surface area (Å²) >= 11 is 0. The minimum atomic E-state index is -3.77. The molecule has 1 fully saturated rings. The van der Waals surface area contributed by atoms with Crippen LogP contribution in [0, 0.1) is 6.92 Å². The lowest BCUT2D eigenvalue weighted by Crippen LogP contribution is -2.39. The van der Waals surface area contributed by atoms with Crippen LogP contribution in [0.3, 0.4) is 0 Å². The highest BCUT2D eigenvalue weighted by Gasteiger charge is 2.33. The number of aliphatic hydroxyl groups excluding tert-OH is 1. The molecule has 0 aliphatic carbocycles. The van der Waals surface area contributed by atoms with E-state index in [0.29, 0.717) is 35.6 Å². The minimum absolute atomic E-state index is 0.0845. The quantitative estimate of drug-likeness (QED) is 0.678. The number of hydrogen-bond donors (Lipinski definition) is 1. The lowest BCUT2D eigenvalue weighted by atomic mass is 9.93. The molecule has 1 atom stereocenters. The molecule has 1 saturated heterocycles. The van der Waals surface area contributed by atoms with Gasteiger partial charge in [0.25, 0.3) is 0 Å². The zero-order valence-corrected chi connectivity index (χ0v) is 17.0. The number of aryl methyl sites for hydroxylation is 2. The second-order valence-corrected chi connectivity index (χ2v) is 9.18. The van der Waals surface area contributed by atoms with E-state index in [-0.39, 0.29) is 29.5 Å². The van der Waals surface area contributed by atoms with Crippen LogP contribution < -0.4 is 5.76 Å². The van der Waals surface area contributed by atoms with Crippen molar-refractivity contribution in [2.75, 3.05) is 13.1 Å². The fraction of sp³-hybridized carbons (Fsp3) is 0.421. The summed E-state index contributed by atoms with van der Waals surface area (Å²) < 4.78 is 34.4. The van der Waals surface area contributed by atoms with E-state index < -0.39 is 15.8 Å². The summed E-state index contributed by atoms with van der Waals surface area (Å²) in [5.41, 5.74) is 2.09. The van der Waals surface area contributed by atoms with Crippen molar-refractivity contribution in [2.24, 2.45) is 7.05 Å². The van der Waals surface area contributed by atoms with E-state index >= 15 is 0 Å². The van der Waals surface area contributed by atoms with Crippen molar-refractivity contribution in [2.45, 2.75) is 37.2 Å². The maximum Gasteiger partial charge on any atom is 0.419 e. The van der Waals surface area contributed by atoms with Crippen molar-refractivity contribution in [3.63, 3.8) is 0 Å². The number of nitrogens with zero attached hydrogens (tertiary/aromatic N) is 4.